The van der Waals surface area contributed by atoms with Crippen LogP contribution in [0.2, 0.25) is 0 Å². The standard InChI is InChI=1S/C12H13FN2S2/c1-8-7-16-12(15-8)17-11(6-14)9-3-2-4-10(13)5-9/h2-5,7,11H,6,14H2,1H3. The highest BCUT2D eigenvalue weighted by Gasteiger charge is 2.13. The molecule has 0 aliphatic heterocycles. The molecule has 17 heavy (non-hydrogen) atoms. The van der Waals surface area contributed by atoms with Crippen LogP contribution in [0.25, 0.3) is 0 Å². The zero-order valence-electron chi connectivity index (χ0n) is 9.39. The number of aryl methyl sites for hydroxylation is 1. The van der Waals surface area contributed by atoms with Crippen LogP contribution in [-0.2, 0) is 0 Å². The van der Waals surface area contributed by atoms with E-state index in [-0.39, 0.29) is 11.1 Å². The average Bonchev–Trinajstić information content (AvgIpc) is 2.72. The Bertz CT molecular complexity index is 499. The molecule has 0 radical (unpaired) electrons. The van der Waals surface area contributed by atoms with Crippen LogP contribution in [-0.4, -0.2) is 11.5 Å². The lowest BCUT2D eigenvalue weighted by atomic mass is 10.1. The smallest absolute Gasteiger partial charge is 0.150 e. The number of thiazole rings is 1. The summed E-state index contributed by atoms with van der Waals surface area (Å²) in [7, 11) is 0. The summed E-state index contributed by atoms with van der Waals surface area (Å²) in [6.07, 6.45) is 0. The highest BCUT2D eigenvalue weighted by Crippen LogP contribution is 2.36. The highest BCUT2D eigenvalue weighted by atomic mass is 32.2. The van der Waals surface area contributed by atoms with Gasteiger partial charge in [0, 0.05) is 22.9 Å². The number of thioether (sulfide) groups is 1. The average molecular weight is 268 g/mol. The molecule has 0 spiro atoms. The Kier molecular flexibility index (Phi) is 4.15. The Morgan fingerprint density at radius 2 is 2.35 bits per heavy atom. The predicted molar refractivity (Wildman–Crippen MR) is 70.9 cm³/mol. The molecule has 1 atom stereocenters. The molecule has 0 aliphatic rings. The summed E-state index contributed by atoms with van der Waals surface area (Å²) in [5, 5.41) is 2.05. The van der Waals surface area contributed by atoms with Gasteiger partial charge in [-0.25, -0.2) is 9.37 Å². The molecule has 0 aliphatic carbocycles. The maximum absolute atomic E-state index is 13.1. The summed E-state index contributed by atoms with van der Waals surface area (Å²) >= 11 is 3.18. The molecule has 90 valence electrons. The minimum Gasteiger partial charge on any atom is -0.329 e. The molecule has 0 saturated heterocycles. The van der Waals surface area contributed by atoms with Gasteiger partial charge in [-0.2, -0.15) is 0 Å². The van der Waals surface area contributed by atoms with Crippen molar-refractivity contribution in [2.75, 3.05) is 6.54 Å². The number of nitrogens with zero attached hydrogens (tertiary/aromatic N) is 1. The normalized spacial score (nSPS) is 12.6. The largest absolute Gasteiger partial charge is 0.329 e. The van der Waals surface area contributed by atoms with Crippen molar-refractivity contribution in [1.29, 1.82) is 0 Å². The number of benzene rings is 1. The molecule has 1 heterocycles. The Labute approximate surface area is 108 Å². The summed E-state index contributed by atoms with van der Waals surface area (Å²) in [5.74, 6) is -0.225. The topological polar surface area (TPSA) is 38.9 Å². The van der Waals surface area contributed by atoms with E-state index >= 15 is 0 Å². The van der Waals surface area contributed by atoms with Gasteiger partial charge < -0.3 is 5.73 Å². The molecule has 2 nitrogen and oxygen atoms in total. The van der Waals surface area contributed by atoms with E-state index in [2.05, 4.69) is 4.98 Å². The van der Waals surface area contributed by atoms with E-state index in [1.807, 2.05) is 18.4 Å². The van der Waals surface area contributed by atoms with Gasteiger partial charge in [0.25, 0.3) is 0 Å². The number of rotatable bonds is 4. The van der Waals surface area contributed by atoms with E-state index < -0.39 is 0 Å². The first kappa shape index (κ1) is 12.5. The summed E-state index contributed by atoms with van der Waals surface area (Å²) < 4.78 is 14.1. The van der Waals surface area contributed by atoms with E-state index in [4.69, 9.17) is 5.73 Å². The van der Waals surface area contributed by atoms with E-state index in [9.17, 15) is 4.39 Å². The van der Waals surface area contributed by atoms with E-state index in [1.54, 1.807) is 29.2 Å². The first-order valence-corrected chi connectivity index (χ1v) is 6.99. The first-order valence-electron chi connectivity index (χ1n) is 5.23. The van der Waals surface area contributed by atoms with Gasteiger partial charge >= 0.3 is 0 Å². The molecular formula is C12H13FN2S2. The zero-order valence-corrected chi connectivity index (χ0v) is 11.0. The van der Waals surface area contributed by atoms with E-state index in [1.165, 1.54) is 12.1 Å². The molecule has 1 aromatic carbocycles. The minimum absolute atomic E-state index is 0.0521. The van der Waals surface area contributed by atoms with Crippen molar-refractivity contribution >= 4 is 23.1 Å². The molecular weight excluding hydrogens is 255 g/mol. The van der Waals surface area contributed by atoms with E-state index in [0.29, 0.717) is 6.54 Å². The van der Waals surface area contributed by atoms with Gasteiger partial charge in [0.2, 0.25) is 0 Å². The number of halogens is 1. The Balaban J connectivity index is 2.16. The second kappa shape index (κ2) is 5.62. The fraction of sp³-hybridized carbons (Fsp3) is 0.250. The van der Waals surface area contributed by atoms with Crippen LogP contribution in [0.4, 0.5) is 4.39 Å². The number of nitrogens with two attached hydrogens (primary N) is 1. The van der Waals surface area contributed by atoms with Crippen molar-refractivity contribution < 1.29 is 4.39 Å². The highest BCUT2D eigenvalue weighted by molar-refractivity contribution is 8.01. The zero-order chi connectivity index (χ0) is 12.3. The van der Waals surface area contributed by atoms with Crippen LogP contribution in [0.1, 0.15) is 16.5 Å². The first-order chi connectivity index (χ1) is 8.19. The van der Waals surface area contributed by atoms with Crippen LogP contribution >= 0.6 is 23.1 Å². The lowest BCUT2D eigenvalue weighted by Gasteiger charge is -2.12. The monoisotopic (exact) mass is 268 g/mol. The van der Waals surface area contributed by atoms with Gasteiger partial charge in [-0.1, -0.05) is 23.9 Å². The maximum Gasteiger partial charge on any atom is 0.150 e. The molecule has 2 aromatic rings. The van der Waals surface area contributed by atoms with Crippen molar-refractivity contribution in [3.05, 3.63) is 46.7 Å². The van der Waals surface area contributed by atoms with Crippen molar-refractivity contribution in [2.24, 2.45) is 5.73 Å². The van der Waals surface area contributed by atoms with Gasteiger partial charge in [0.1, 0.15) is 5.82 Å². The third kappa shape index (κ3) is 3.28. The second-order valence-electron chi connectivity index (χ2n) is 3.65. The number of hydrogen-bond donors (Lipinski definition) is 1. The van der Waals surface area contributed by atoms with Crippen LogP contribution in [0, 0.1) is 12.7 Å². The van der Waals surface area contributed by atoms with Gasteiger partial charge in [-0.05, 0) is 24.6 Å². The van der Waals surface area contributed by atoms with Crippen molar-refractivity contribution in [2.45, 2.75) is 16.5 Å². The molecule has 0 amide bonds. The SMILES string of the molecule is Cc1csc(SC(CN)c2cccc(F)c2)n1. The van der Waals surface area contributed by atoms with Gasteiger partial charge in [-0.15, -0.1) is 11.3 Å². The summed E-state index contributed by atoms with van der Waals surface area (Å²) in [6.45, 7) is 2.42. The molecule has 2 rings (SSSR count). The van der Waals surface area contributed by atoms with E-state index in [0.717, 1.165) is 15.6 Å². The summed E-state index contributed by atoms with van der Waals surface area (Å²) in [5.41, 5.74) is 7.66. The van der Waals surface area contributed by atoms with Gasteiger partial charge in [0.15, 0.2) is 4.34 Å². The number of hydrogen-bond acceptors (Lipinski definition) is 4. The van der Waals surface area contributed by atoms with Crippen LogP contribution in [0.15, 0.2) is 34.0 Å². The molecule has 1 aromatic heterocycles. The van der Waals surface area contributed by atoms with Gasteiger partial charge in [0.05, 0.1) is 0 Å². The Morgan fingerprint density at radius 3 is 2.94 bits per heavy atom. The third-order valence-electron chi connectivity index (χ3n) is 2.28. The van der Waals surface area contributed by atoms with Crippen LogP contribution < -0.4 is 5.73 Å². The molecule has 0 bridgehead atoms. The fourth-order valence-electron chi connectivity index (χ4n) is 1.47. The van der Waals surface area contributed by atoms with Crippen molar-refractivity contribution in [1.82, 2.24) is 4.98 Å². The van der Waals surface area contributed by atoms with Crippen molar-refractivity contribution in [3.63, 3.8) is 0 Å². The second-order valence-corrected chi connectivity index (χ2v) is 5.96. The molecule has 5 heteroatoms. The lowest BCUT2D eigenvalue weighted by molar-refractivity contribution is 0.625. The molecule has 0 fully saturated rings. The van der Waals surface area contributed by atoms with Crippen LogP contribution in [0.3, 0.4) is 0 Å². The predicted octanol–water partition coefficient (Wildman–Crippen LogP) is 3.38. The Morgan fingerprint density at radius 1 is 1.53 bits per heavy atom. The van der Waals surface area contributed by atoms with Crippen molar-refractivity contribution in [3.8, 4) is 0 Å². The third-order valence-corrected chi connectivity index (χ3v) is 4.65. The maximum atomic E-state index is 13.1. The summed E-state index contributed by atoms with van der Waals surface area (Å²) in [4.78, 5) is 4.38. The van der Waals surface area contributed by atoms with Crippen LogP contribution in [0.5, 0.6) is 0 Å². The quantitative estimate of drug-likeness (QED) is 0.864. The summed E-state index contributed by atoms with van der Waals surface area (Å²) in [6, 6.07) is 6.58. The Hall–Kier alpha value is -0.910. The molecule has 2 N–H and O–H groups in total. The van der Waals surface area contributed by atoms with Gasteiger partial charge in [-0.3, -0.25) is 0 Å². The minimum atomic E-state index is -0.225. The lowest BCUT2D eigenvalue weighted by Crippen LogP contribution is -2.09. The fourth-order valence-corrected chi connectivity index (χ4v) is 3.52. The molecule has 0 saturated carbocycles. The number of aromatic nitrogens is 1. The molecule has 1 unspecified atom stereocenters.